The molecule has 0 saturated heterocycles. The highest BCUT2D eigenvalue weighted by Gasteiger charge is 2.07. The molecule has 0 spiro atoms. The van der Waals surface area contributed by atoms with Gasteiger partial charge in [-0.05, 0) is 6.92 Å². The van der Waals surface area contributed by atoms with Crippen LogP contribution >= 0.6 is 11.5 Å². The Morgan fingerprint density at radius 2 is 2.27 bits per heavy atom. The van der Waals surface area contributed by atoms with Gasteiger partial charge in [-0.15, -0.1) is 5.10 Å². The monoisotopic (exact) mass is 230 g/mol. The minimum absolute atomic E-state index is 0.0897. The van der Waals surface area contributed by atoms with E-state index >= 15 is 0 Å². The molecule has 0 saturated carbocycles. The van der Waals surface area contributed by atoms with Crippen molar-refractivity contribution in [3.05, 3.63) is 5.69 Å². The van der Waals surface area contributed by atoms with E-state index in [-0.39, 0.29) is 13.0 Å². The van der Waals surface area contributed by atoms with E-state index in [0.717, 1.165) is 11.5 Å². The van der Waals surface area contributed by atoms with Crippen LogP contribution in [0.15, 0.2) is 0 Å². The first-order chi connectivity index (χ1) is 7.09. The topological polar surface area (TPSA) is 104 Å². The number of carbonyl (C=O) groups is 2. The van der Waals surface area contributed by atoms with Crippen LogP contribution in [0.25, 0.3) is 0 Å². The lowest BCUT2D eigenvalue weighted by Crippen LogP contribution is -2.30. The van der Waals surface area contributed by atoms with Crippen molar-refractivity contribution in [2.75, 3.05) is 11.9 Å². The highest BCUT2D eigenvalue weighted by molar-refractivity contribution is 7.10. The zero-order valence-electron chi connectivity index (χ0n) is 7.98. The van der Waals surface area contributed by atoms with E-state index in [2.05, 4.69) is 20.2 Å². The largest absolute Gasteiger partial charge is 0.481 e. The maximum atomic E-state index is 11.2. The Labute approximate surface area is 89.7 Å². The van der Waals surface area contributed by atoms with Gasteiger partial charge in [0.25, 0.3) is 0 Å². The summed E-state index contributed by atoms with van der Waals surface area (Å²) >= 11 is 1.07. The molecule has 1 aromatic rings. The molecule has 0 aromatic carbocycles. The smallest absolute Gasteiger partial charge is 0.319 e. The van der Waals surface area contributed by atoms with Crippen LogP contribution < -0.4 is 10.6 Å². The first-order valence-electron chi connectivity index (χ1n) is 4.15. The summed E-state index contributed by atoms with van der Waals surface area (Å²) in [6.07, 6.45) is -0.104. The number of nitrogens with one attached hydrogen (secondary N) is 2. The fraction of sp³-hybridized carbons (Fsp3) is 0.429. The summed E-state index contributed by atoms with van der Waals surface area (Å²) in [5.74, 6) is -0.953. The molecule has 1 heterocycles. The SMILES string of the molecule is Cc1nnsc1NC(=O)NCCC(=O)O. The Bertz CT molecular complexity index is 365. The molecule has 15 heavy (non-hydrogen) atoms. The summed E-state index contributed by atoms with van der Waals surface area (Å²) < 4.78 is 3.64. The molecule has 0 bridgehead atoms. The van der Waals surface area contributed by atoms with Crippen LogP contribution in [-0.2, 0) is 4.79 Å². The van der Waals surface area contributed by atoms with Gasteiger partial charge in [0, 0.05) is 18.1 Å². The van der Waals surface area contributed by atoms with Crippen LogP contribution in [-0.4, -0.2) is 33.2 Å². The van der Waals surface area contributed by atoms with E-state index in [1.165, 1.54) is 0 Å². The highest BCUT2D eigenvalue weighted by Crippen LogP contribution is 2.15. The summed E-state index contributed by atoms with van der Waals surface area (Å²) in [5.41, 5.74) is 0.633. The van der Waals surface area contributed by atoms with Crippen LogP contribution in [0.4, 0.5) is 9.80 Å². The Balaban J connectivity index is 2.31. The van der Waals surface area contributed by atoms with E-state index < -0.39 is 12.0 Å². The van der Waals surface area contributed by atoms with Gasteiger partial charge in [-0.2, -0.15) is 0 Å². The Morgan fingerprint density at radius 1 is 1.53 bits per heavy atom. The molecule has 7 nitrogen and oxygen atoms in total. The quantitative estimate of drug-likeness (QED) is 0.696. The second-order valence-electron chi connectivity index (χ2n) is 2.71. The Kier molecular flexibility index (Phi) is 3.98. The number of hydrogen-bond donors (Lipinski definition) is 3. The van der Waals surface area contributed by atoms with E-state index in [4.69, 9.17) is 5.11 Å². The average molecular weight is 230 g/mol. The highest BCUT2D eigenvalue weighted by atomic mass is 32.1. The lowest BCUT2D eigenvalue weighted by molar-refractivity contribution is -0.136. The number of aliphatic carboxylic acids is 1. The Hall–Kier alpha value is -1.70. The molecule has 0 radical (unpaired) electrons. The van der Waals surface area contributed by atoms with E-state index in [1.54, 1.807) is 6.92 Å². The van der Waals surface area contributed by atoms with Crippen molar-refractivity contribution in [3.8, 4) is 0 Å². The summed E-state index contributed by atoms with van der Waals surface area (Å²) in [6.45, 7) is 1.81. The number of carboxylic acid groups (broad SMARTS) is 1. The number of carboxylic acids is 1. The van der Waals surface area contributed by atoms with Crippen molar-refractivity contribution in [1.29, 1.82) is 0 Å². The second kappa shape index (κ2) is 5.25. The predicted octanol–water partition coefficient (Wildman–Crippen LogP) is 0.443. The van der Waals surface area contributed by atoms with Gasteiger partial charge in [0.2, 0.25) is 0 Å². The molecule has 3 N–H and O–H groups in total. The zero-order chi connectivity index (χ0) is 11.3. The third-order valence-electron chi connectivity index (χ3n) is 1.50. The summed E-state index contributed by atoms with van der Waals surface area (Å²) in [4.78, 5) is 21.3. The minimum atomic E-state index is -0.953. The molecule has 0 atom stereocenters. The van der Waals surface area contributed by atoms with Gasteiger partial charge in [-0.25, -0.2) is 4.79 Å². The number of hydrogen-bond acceptors (Lipinski definition) is 5. The number of nitrogens with zero attached hydrogens (tertiary/aromatic N) is 2. The molecular weight excluding hydrogens is 220 g/mol. The number of carbonyl (C=O) groups excluding carboxylic acids is 1. The molecule has 0 aliphatic heterocycles. The van der Waals surface area contributed by atoms with Gasteiger partial charge in [-0.3, -0.25) is 10.1 Å². The van der Waals surface area contributed by atoms with E-state index in [9.17, 15) is 9.59 Å². The van der Waals surface area contributed by atoms with E-state index in [0.29, 0.717) is 10.7 Å². The fourth-order valence-electron chi connectivity index (χ4n) is 0.777. The molecule has 0 fully saturated rings. The molecule has 0 aliphatic rings. The van der Waals surface area contributed by atoms with Crippen LogP contribution in [0.2, 0.25) is 0 Å². The number of aromatic nitrogens is 2. The predicted molar refractivity (Wildman–Crippen MR) is 53.9 cm³/mol. The number of aryl methyl sites for hydroxylation is 1. The first-order valence-corrected chi connectivity index (χ1v) is 4.92. The van der Waals surface area contributed by atoms with Crippen LogP contribution in [0.5, 0.6) is 0 Å². The van der Waals surface area contributed by atoms with Crippen molar-refractivity contribution in [3.63, 3.8) is 0 Å². The molecule has 1 rings (SSSR count). The van der Waals surface area contributed by atoms with Crippen LogP contribution in [0, 0.1) is 6.92 Å². The van der Waals surface area contributed by atoms with Crippen molar-refractivity contribution in [2.24, 2.45) is 0 Å². The lowest BCUT2D eigenvalue weighted by Gasteiger charge is -2.03. The van der Waals surface area contributed by atoms with Crippen LogP contribution in [0.1, 0.15) is 12.1 Å². The molecule has 8 heteroatoms. The number of rotatable bonds is 4. The maximum absolute atomic E-state index is 11.2. The molecule has 0 unspecified atom stereocenters. The molecule has 2 amide bonds. The minimum Gasteiger partial charge on any atom is -0.481 e. The summed E-state index contributed by atoms with van der Waals surface area (Å²) in [7, 11) is 0. The first kappa shape index (κ1) is 11.4. The third kappa shape index (κ3) is 3.90. The maximum Gasteiger partial charge on any atom is 0.319 e. The van der Waals surface area contributed by atoms with Crippen molar-refractivity contribution >= 4 is 28.5 Å². The van der Waals surface area contributed by atoms with Crippen LogP contribution in [0.3, 0.4) is 0 Å². The lowest BCUT2D eigenvalue weighted by atomic mass is 10.4. The van der Waals surface area contributed by atoms with Gasteiger partial charge in [0.1, 0.15) is 5.00 Å². The van der Waals surface area contributed by atoms with Gasteiger partial charge < -0.3 is 10.4 Å². The van der Waals surface area contributed by atoms with Crippen molar-refractivity contribution in [1.82, 2.24) is 14.9 Å². The average Bonchev–Trinajstić information content (AvgIpc) is 2.51. The molecular formula is C7H10N4O3S. The molecule has 82 valence electrons. The number of urea groups is 1. The van der Waals surface area contributed by atoms with Gasteiger partial charge in [0.05, 0.1) is 12.1 Å². The van der Waals surface area contributed by atoms with Gasteiger partial charge in [-0.1, -0.05) is 4.49 Å². The second-order valence-corrected chi connectivity index (χ2v) is 3.47. The standard InChI is InChI=1S/C7H10N4O3S/c1-4-6(15-11-10-4)9-7(14)8-3-2-5(12)13/h2-3H2,1H3,(H,12,13)(H2,8,9,14). The fourth-order valence-corrected chi connectivity index (χ4v) is 1.33. The molecule has 0 aliphatic carbocycles. The number of amides is 2. The molecule has 1 aromatic heterocycles. The zero-order valence-corrected chi connectivity index (χ0v) is 8.80. The van der Waals surface area contributed by atoms with Gasteiger partial charge >= 0.3 is 12.0 Å². The van der Waals surface area contributed by atoms with E-state index in [1.807, 2.05) is 0 Å². The number of anilines is 1. The Morgan fingerprint density at radius 3 is 2.80 bits per heavy atom. The van der Waals surface area contributed by atoms with Gasteiger partial charge in [0.15, 0.2) is 0 Å². The third-order valence-corrected chi connectivity index (χ3v) is 2.25. The normalized spacial score (nSPS) is 9.67. The summed E-state index contributed by atoms with van der Waals surface area (Å²) in [6, 6.07) is -0.453. The summed E-state index contributed by atoms with van der Waals surface area (Å²) in [5, 5.41) is 17.5. The van der Waals surface area contributed by atoms with Crippen molar-refractivity contribution in [2.45, 2.75) is 13.3 Å². The van der Waals surface area contributed by atoms with Crippen molar-refractivity contribution < 1.29 is 14.7 Å².